The van der Waals surface area contributed by atoms with Gasteiger partial charge in [-0.1, -0.05) is 23.7 Å². The summed E-state index contributed by atoms with van der Waals surface area (Å²) in [6.45, 7) is 2.96. The smallest absolute Gasteiger partial charge is 0.165 e. The molecule has 184 valence electrons. The summed E-state index contributed by atoms with van der Waals surface area (Å²) in [5.74, 6) is 2.94. The number of anilines is 1. The van der Waals surface area contributed by atoms with Crippen molar-refractivity contribution in [2.45, 2.75) is 6.42 Å². The van der Waals surface area contributed by atoms with Crippen molar-refractivity contribution in [2.75, 3.05) is 38.0 Å². The first kappa shape index (κ1) is 25.9. The number of amidine groups is 2. The molecule has 0 saturated carbocycles. The molecule has 35 heavy (non-hydrogen) atoms. The van der Waals surface area contributed by atoms with Crippen LogP contribution in [0.2, 0.25) is 5.02 Å². The van der Waals surface area contributed by atoms with Crippen molar-refractivity contribution < 1.29 is 10.2 Å². The second-order valence-corrected chi connectivity index (χ2v) is 7.82. The molecule has 1 aliphatic heterocycles. The molecule has 8 N–H and O–H groups in total. The molecule has 2 heterocycles. The third-order valence-corrected chi connectivity index (χ3v) is 5.01. The number of nitrogens with one attached hydrogen (secondary N) is 2. The van der Waals surface area contributed by atoms with Crippen LogP contribution in [-0.2, 0) is 0 Å². The molecular formula is C24H29ClN8O2. The lowest BCUT2D eigenvalue weighted by Gasteiger charge is -2.17. The lowest BCUT2D eigenvalue weighted by Crippen LogP contribution is -2.36. The van der Waals surface area contributed by atoms with Gasteiger partial charge in [0, 0.05) is 43.8 Å². The van der Waals surface area contributed by atoms with E-state index in [2.05, 4.69) is 30.6 Å². The fourth-order valence-corrected chi connectivity index (χ4v) is 3.30. The number of aromatic hydroxyl groups is 2. The van der Waals surface area contributed by atoms with Gasteiger partial charge >= 0.3 is 0 Å². The van der Waals surface area contributed by atoms with Gasteiger partial charge in [-0.25, -0.2) is 9.97 Å². The minimum atomic E-state index is 0.0929. The molecule has 0 fully saturated rings. The van der Waals surface area contributed by atoms with Crippen LogP contribution in [0, 0.1) is 0 Å². The van der Waals surface area contributed by atoms with Crippen molar-refractivity contribution >= 4 is 29.1 Å². The first-order chi connectivity index (χ1) is 17.0. The Morgan fingerprint density at radius 3 is 2.60 bits per heavy atom. The van der Waals surface area contributed by atoms with Crippen LogP contribution in [0.1, 0.15) is 12.0 Å². The summed E-state index contributed by atoms with van der Waals surface area (Å²) in [6.07, 6.45) is 2.40. The number of hydrogen-bond acceptors (Lipinski definition) is 9. The van der Waals surface area contributed by atoms with E-state index in [0.717, 1.165) is 12.3 Å². The summed E-state index contributed by atoms with van der Waals surface area (Å²) >= 11 is 5.89. The number of rotatable bonds is 7. The van der Waals surface area contributed by atoms with Gasteiger partial charge in [0.1, 0.15) is 29.0 Å². The Balaban J connectivity index is 0.000000196. The zero-order valence-corrected chi connectivity index (χ0v) is 19.9. The maximum Gasteiger partial charge on any atom is 0.165 e. The van der Waals surface area contributed by atoms with Crippen LogP contribution in [-0.4, -0.2) is 64.6 Å². The molecule has 1 aromatic heterocycles. The Labute approximate surface area is 208 Å². The zero-order chi connectivity index (χ0) is 25.0. The first-order valence-electron chi connectivity index (χ1n) is 11.1. The molecular weight excluding hydrogens is 468 g/mol. The third kappa shape index (κ3) is 7.64. The molecule has 3 aromatic rings. The zero-order valence-electron chi connectivity index (χ0n) is 19.2. The number of phenolic OH excluding ortho intramolecular Hbond substituents is 2. The van der Waals surface area contributed by atoms with Gasteiger partial charge in [0.15, 0.2) is 5.82 Å². The quantitative estimate of drug-likeness (QED) is 0.290. The van der Waals surface area contributed by atoms with Gasteiger partial charge in [0.25, 0.3) is 0 Å². The Hall–Kier alpha value is -3.73. The molecule has 1 aliphatic rings. The second-order valence-electron chi connectivity index (χ2n) is 7.38. The SMILES string of the molecule is NCCN=C1CCN=C(c2ccccc2O)N1.NCCNc1ccnc(-c2cc(Cl)ccc2O)n1. The normalized spacial score (nSPS) is 13.9. The lowest BCUT2D eigenvalue weighted by molar-refractivity contribution is 0.474. The van der Waals surface area contributed by atoms with Crippen LogP contribution in [0.15, 0.2) is 64.7 Å². The molecule has 2 aromatic carbocycles. The van der Waals surface area contributed by atoms with Gasteiger partial charge in [0.05, 0.1) is 17.7 Å². The van der Waals surface area contributed by atoms with Crippen molar-refractivity contribution in [1.82, 2.24) is 15.3 Å². The fraction of sp³-hybridized carbons (Fsp3) is 0.250. The molecule has 10 nitrogen and oxygen atoms in total. The van der Waals surface area contributed by atoms with E-state index in [1.54, 1.807) is 36.5 Å². The van der Waals surface area contributed by atoms with Gasteiger partial charge < -0.3 is 32.3 Å². The van der Waals surface area contributed by atoms with Crippen molar-refractivity contribution in [2.24, 2.45) is 21.5 Å². The van der Waals surface area contributed by atoms with E-state index in [9.17, 15) is 10.2 Å². The summed E-state index contributed by atoms with van der Waals surface area (Å²) in [5.41, 5.74) is 12.0. The predicted octanol–water partition coefficient (Wildman–Crippen LogP) is 2.36. The van der Waals surface area contributed by atoms with Crippen molar-refractivity contribution in [1.29, 1.82) is 0 Å². The van der Waals surface area contributed by atoms with Crippen LogP contribution >= 0.6 is 11.6 Å². The Bertz CT molecular complexity index is 1190. The van der Waals surface area contributed by atoms with Crippen LogP contribution in [0.5, 0.6) is 11.5 Å². The molecule has 0 amide bonds. The summed E-state index contributed by atoms with van der Waals surface area (Å²) in [6, 6.07) is 13.6. The summed E-state index contributed by atoms with van der Waals surface area (Å²) in [4.78, 5) is 17.1. The number of para-hydroxylation sites is 1. The van der Waals surface area contributed by atoms with Crippen LogP contribution in [0.3, 0.4) is 0 Å². The molecule has 4 rings (SSSR count). The van der Waals surface area contributed by atoms with Gasteiger partial charge in [0.2, 0.25) is 0 Å². The van der Waals surface area contributed by atoms with Gasteiger partial charge in [-0.2, -0.15) is 0 Å². The van der Waals surface area contributed by atoms with Crippen LogP contribution < -0.4 is 22.1 Å². The molecule has 0 atom stereocenters. The topological polar surface area (TPSA) is 167 Å². The van der Waals surface area contributed by atoms with E-state index in [1.807, 2.05) is 12.1 Å². The van der Waals surface area contributed by atoms with E-state index in [-0.39, 0.29) is 11.5 Å². The molecule has 0 bridgehead atoms. The number of phenols is 2. The molecule has 0 aliphatic carbocycles. The van der Waals surface area contributed by atoms with Gasteiger partial charge in [-0.05, 0) is 36.4 Å². The number of aromatic nitrogens is 2. The Kier molecular flexibility index (Phi) is 9.79. The number of nitrogens with zero attached hydrogens (tertiary/aromatic N) is 4. The van der Waals surface area contributed by atoms with Crippen LogP contribution in [0.4, 0.5) is 5.82 Å². The number of benzene rings is 2. The number of aliphatic imine (C=N–C) groups is 2. The molecule has 0 unspecified atom stereocenters. The highest BCUT2D eigenvalue weighted by atomic mass is 35.5. The Morgan fingerprint density at radius 2 is 1.83 bits per heavy atom. The number of hydrogen-bond donors (Lipinski definition) is 6. The van der Waals surface area contributed by atoms with Crippen molar-refractivity contribution in [3.63, 3.8) is 0 Å². The van der Waals surface area contributed by atoms with Crippen LogP contribution in [0.25, 0.3) is 11.4 Å². The molecule has 0 saturated heterocycles. The van der Waals surface area contributed by atoms with E-state index in [0.29, 0.717) is 66.4 Å². The summed E-state index contributed by atoms with van der Waals surface area (Å²) in [5, 5.41) is 26.2. The van der Waals surface area contributed by atoms with Gasteiger partial charge in [-0.15, -0.1) is 0 Å². The molecule has 0 radical (unpaired) electrons. The predicted molar refractivity (Wildman–Crippen MR) is 140 cm³/mol. The maximum atomic E-state index is 9.78. The average molecular weight is 497 g/mol. The van der Waals surface area contributed by atoms with Gasteiger partial charge in [-0.3, -0.25) is 9.98 Å². The minimum Gasteiger partial charge on any atom is -0.507 e. The fourth-order valence-electron chi connectivity index (χ4n) is 3.13. The summed E-state index contributed by atoms with van der Waals surface area (Å²) < 4.78 is 0. The molecule has 11 heteroatoms. The highest BCUT2D eigenvalue weighted by Gasteiger charge is 2.14. The van der Waals surface area contributed by atoms with E-state index in [4.69, 9.17) is 23.1 Å². The average Bonchev–Trinajstić information content (AvgIpc) is 2.88. The van der Waals surface area contributed by atoms with Crippen molar-refractivity contribution in [3.05, 3.63) is 65.3 Å². The lowest BCUT2D eigenvalue weighted by atomic mass is 10.1. The van der Waals surface area contributed by atoms with E-state index < -0.39 is 0 Å². The maximum absolute atomic E-state index is 9.78. The number of halogens is 1. The summed E-state index contributed by atoms with van der Waals surface area (Å²) in [7, 11) is 0. The standard InChI is InChI=1S/C12H13ClN4O.C12H16N4O/c13-8-1-2-10(18)9(7-8)12-16-5-3-11(17-12)15-6-4-14;13-6-8-14-11-5-7-15-12(16-11)9-3-1-2-4-10(9)17/h1-3,5,7,18H,4,6,14H2,(H,15,16,17);1-4,17H,5-8,13H2,(H,14,15,16). The monoisotopic (exact) mass is 496 g/mol. The highest BCUT2D eigenvalue weighted by Crippen LogP contribution is 2.29. The third-order valence-electron chi connectivity index (χ3n) is 4.78. The van der Waals surface area contributed by atoms with E-state index >= 15 is 0 Å². The Morgan fingerprint density at radius 1 is 1.03 bits per heavy atom. The molecule has 0 spiro atoms. The van der Waals surface area contributed by atoms with Crippen molar-refractivity contribution in [3.8, 4) is 22.9 Å². The first-order valence-corrected chi connectivity index (χ1v) is 11.5. The highest BCUT2D eigenvalue weighted by molar-refractivity contribution is 6.30. The largest absolute Gasteiger partial charge is 0.507 e. The second kappa shape index (κ2) is 13.2. The minimum absolute atomic E-state index is 0.0929. The number of nitrogens with two attached hydrogens (primary N) is 2. The van der Waals surface area contributed by atoms with E-state index in [1.165, 1.54) is 6.07 Å².